The number of rotatable bonds is 3. The number of pyridine rings is 1. The molecule has 8 nitrogen and oxygen atoms in total. The van der Waals surface area contributed by atoms with Crippen LogP contribution in [0.2, 0.25) is 0 Å². The van der Waals surface area contributed by atoms with Crippen molar-refractivity contribution in [3.63, 3.8) is 0 Å². The molecule has 2 aliphatic heterocycles. The van der Waals surface area contributed by atoms with Crippen molar-refractivity contribution in [3.05, 3.63) is 36.3 Å². The topological polar surface area (TPSA) is 102 Å². The van der Waals surface area contributed by atoms with Crippen LogP contribution < -0.4 is 0 Å². The second-order valence-electron chi connectivity index (χ2n) is 7.67. The second-order valence-corrected chi connectivity index (χ2v) is 7.67. The van der Waals surface area contributed by atoms with Gasteiger partial charge in [-0.2, -0.15) is 5.10 Å². The van der Waals surface area contributed by atoms with Crippen molar-refractivity contribution in [2.45, 2.75) is 25.3 Å². The molecule has 2 aromatic heterocycles. The zero-order valence-electron chi connectivity index (χ0n) is 15.3. The fourth-order valence-corrected chi connectivity index (χ4v) is 4.36. The molecule has 0 aliphatic carbocycles. The quantitative estimate of drug-likeness (QED) is 0.850. The monoisotopic (exact) mass is 369 g/mol. The lowest BCUT2D eigenvalue weighted by Crippen LogP contribution is -2.44. The summed E-state index contributed by atoms with van der Waals surface area (Å²) >= 11 is 0. The number of carboxylic acids is 1. The zero-order chi connectivity index (χ0) is 19.0. The normalized spacial score (nSPS) is 22.3. The van der Waals surface area contributed by atoms with E-state index in [1.807, 2.05) is 29.0 Å². The highest BCUT2D eigenvalue weighted by Gasteiger charge is 2.47. The first-order valence-corrected chi connectivity index (χ1v) is 9.16. The SMILES string of the molecule is CN1CC2(CCN(C(=O)c3cc(-c4ccncc4)n[nH]3)CC2)C[C@@H]1C(=O)O. The van der Waals surface area contributed by atoms with Crippen molar-refractivity contribution in [2.75, 3.05) is 26.7 Å². The maximum Gasteiger partial charge on any atom is 0.320 e. The Labute approximate surface area is 157 Å². The molecule has 8 heteroatoms. The summed E-state index contributed by atoms with van der Waals surface area (Å²) in [7, 11) is 1.87. The summed E-state index contributed by atoms with van der Waals surface area (Å²) in [6, 6.07) is 5.06. The van der Waals surface area contributed by atoms with Crippen LogP contribution in [0.5, 0.6) is 0 Å². The molecular formula is C19H23N5O3. The van der Waals surface area contributed by atoms with Crippen LogP contribution in [0.15, 0.2) is 30.6 Å². The molecule has 142 valence electrons. The zero-order valence-corrected chi connectivity index (χ0v) is 15.3. The molecule has 1 amide bonds. The third-order valence-electron chi connectivity index (χ3n) is 5.92. The van der Waals surface area contributed by atoms with Crippen LogP contribution in [0.25, 0.3) is 11.3 Å². The predicted molar refractivity (Wildman–Crippen MR) is 98.1 cm³/mol. The second kappa shape index (κ2) is 6.77. The number of H-pyrrole nitrogens is 1. The number of hydrogen-bond donors (Lipinski definition) is 2. The maximum absolute atomic E-state index is 12.8. The summed E-state index contributed by atoms with van der Waals surface area (Å²) in [5, 5.41) is 16.4. The largest absolute Gasteiger partial charge is 0.480 e. The van der Waals surface area contributed by atoms with Gasteiger partial charge in [-0.05, 0) is 49.9 Å². The summed E-state index contributed by atoms with van der Waals surface area (Å²) in [5.41, 5.74) is 2.11. The molecule has 2 aliphatic rings. The van der Waals surface area contributed by atoms with Crippen molar-refractivity contribution in [1.29, 1.82) is 0 Å². The lowest BCUT2D eigenvalue weighted by atomic mass is 9.76. The number of nitrogens with zero attached hydrogens (tertiary/aromatic N) is 4. The van der Waals surface area contributed by atoms with Gasteiger partial charge in [-0.1, -0.05) is 0 Å². The number of hydrogen-bond acceptors (Lipinski definition) is 5. The van der Waals surface area contributed by atoms with Crippen molar-refractivity contribution < 1.29 is 14.7 Å². The molecule has 0 saturated carbocycles. The molecule has 2 N–H and O–H groups in total. The van der Waals surface area contributed by atoms with E-state index in [4.69, 9.17) is 0 Å². The summed E-state index contributed by atoms with van der Waals surface area (Å²) in [4.78, 5) is 32.0. The van der Waals surface area contributed by atoms with Gasteiger partial charge >= 0.3 is 5.97 Å². The van der Waals surface area contributed by atoms with E-state index in [2.05, 4.69) is 15.2 Å². The average molecular weight is 369 g/mol. The van der Waals surface area contributed by atoms with Gasteiger partial charge in [0.15, 0.2) is 0 Å². The molecule has 0 unspecified atom stereocenters. The molecule has 2 fully saturated rings. The van der Waals surface area contributed by atoms with Gasteiger partial charge in [0.1, 0.15) is 11.7 Å². The van der Waals surface area contributed by atoms with Gasteiger partial charge in [-0.25, -0.2) is 0 Å². The van der Waals surface area contributed by atoms with Gasteiger partial charge in [0.05, 0.1) is 5.69 Å². The number of aromatic amines is 1. The van der Waals surface area contributed by atoms with E-state index < -0.39 is 12.0 Å². The van der Waals surface area contributed by atoms with Crippen molar-refractivity contribution in [2.24, 2.45) is 5.41 Å². The Morgan fingerprint density at radius 1 is 1.26 bits per heavy atom. The van der Waals surface area contributed by atoms with Crippen LogP contribution in [-0.4, -0.2) is 74.7 Å². The average Bonchev–Trinajstić information content (AvgIpc) is 3.28. The number of carbonyl (C=O) groups is 2. The molecule has 2 aromatic rings. The smallest absolute Gasteiger partial charge is 0.320 e. The van der Waals surface area contributed by atoms with E-state index in [1.54, 1.807) is 18.5 Å². The van der Waals surface area contributed by atoms with E-state index in [9.17, 15) is 14.7 Å². The van der Waals surface area contributed by atoms with Gasteiger partial charge in [0.2, 0.25) is 0 Å². The molecule has 27 heavy (non-hydrogen) atoms. The van der Waals surface area contributed by atoms with Gasteiger partial charge in [0.25, 0.3) is 5.91 Å². The predicted octanol–water partition coefficient (Wildman–Crippen LogP) is 1.48. The van der Waals surface area contributed by atoms with Crippen LogP contribution in [0.4, 0.5) is 0 Å². The molecular weight excluding hydrogens is 346 g/mol. The van der Waals surface area contributed by atoms with Crippen LogP contribution in [0.1, 0.15) is 29.8 Å². The van der Waals surface area contributed by atoms with E-state index in [0.29, 0.717) is 25.2 Å². The molecule has 0 bridgehead atoms. The minimum absolute atomic E-state index is 0.00473. The van der Waals surface area contributed by atoms with Gasteiger partial charge in [-0.15, -0.1) is 0 Å². The van der Waals surface area contributed by atoms with Crippen LogP contribution in [-0.2, 0) is 4.79 Å². The summed E-state index contributed by atoms with van der Waals surface area (Å²) < 4.78 is 0. The fraction of sp³-hybridized carbons (Fsp3) is 0.474. The summed E-state index contributed by atoms with van der Waals surface area (Å²) in [6.45, 7) is 2.06. The Kier molecular flexibility index (Phi) is 4.43. The number of aliphatic carboxylic acids is 1. The van der Waals surface area contributed by atoms with Gasteiger partial charge < -0.3 is 10.0 Å². The minimum atomic E-state index is -0.756. The number of piperidine rings is 1. The highest BCUT2D eigenvalue weighted by atomic mass is 16.4. The van der Waals surface area contributed by atoms with Gasteiger partial charge in [-0.3, -0.25) is 24.6 Å². The number of amides is 1. The molecule has 4 rings (SSSR count). The Bertz CT molecular complexity index is 842. The Morgan fingerprint density at radius 3 is 2.59 bits per heavy atom. The number of aromatic nitrogens is 3. The van der Waals surface area contributed by atoms with Gasteiger partial charge in [0, 0.05) is 37.6 Å². The van der Waals surface area contributed by atoms with E-state index in [-0.39, 0.29) is 11.3 Å². The fourth-order valence-electron chi connectivity index (χ4n) is 4.36. The van der Waals surface area contributed by atoms with Crippen molar-refractivity contribution in [3.8, 4) is 11.3 Å². The summed E-state index contributed by atoms with van der Waals surface area (Å²) in [6.07, 6.45) is 5.71. The third-order valence-corrected chi connectivity index (χ3v) is 5.92. The van der Waals surface area contributed by atoms with Crippen molar-refractivity contribution >= 4 is 11.9 Å². The third kappa shape index (κ3) is 3.32. The number of carbonyl (C=O) groups excluding carboxylic acids is 1. The lowest BCUT2D eigenvalue weighted by molar-refractivity contribution is -0.141. The first kappa shape index (κ1) is 17.7. The van der Waals surface area contributed by atoms with E-state index in [0.717, 1.165) is 30.6 Å². The van der Waals surface area contributed by atoms with Crippen LogP contribution in [0.3, 0.4) is 0 Å². The Morgan fingerprint density at radius 2 is 1.96 bits per heavy atom. The standard InChI is InChI=1S/C19H23N5O3/c1-23-12-19(11-16(23)18(26)27)4-8-24(9-5-19)17(25)15-10-14(21-22-15)13-2-6-20-7-3-13/h2-3,6-7,10,16H,4-5,8-9,11-12H2,1H3,(H,21,22)(H,26,27)/t16-/m1/s1. The number of nitrogens with one attached hydrogen (secondary N) is 1. The van der Waals surface area contributed by atoms with E-state index in [1.165, 1.54) is 0 Å². The molecule has 4 heterocycles. The molecule has 1 spiro atoms. The highest BCUT2D eigenvalue weighted by Crippen LogP contribution is 2.43. The lowest BCUT2D eigenvalue weighted by Gasteiger charge is -2.39. The molecule has 2 saturated heterocycles. The Balaban J connectivity index is 1.41. The van der Waals surface area contributed by atoms with Crippen molar-refractivity contribution in [1.82, 2.24) is 25.0 Å². The van der Waals surface area contributed by atoms with Crippen LogP contribution >= 0.6 is 0 Å². The maximum atomic E-state index is 12.8. The minimum Gasteiger partial charge on any atom is -0.480 e. The first-order chi connectivity index (χ1) is 13.0. The Hall–Kier alpha value is -2.74. The number of likely N-dealkylation sites (N-methyl/N-ethyl adjacent to an activating group) is 1. The highest BCUT2D eigenvalue weighted by molar-refractivity contribution is 5.93. The van der Waals surface area contributed by atoms with E-state index >= 15 is 0 Å². The number of carboxylic acid groups (broad SMARTS) is 1. The first-order valence-electron chi connectivity index (χ1n) is 9.16. The number of likely N-dealkylation sites (tertiary alicyclic amines) is 2. The molecule has 0 aromatic carbocycles. The molecule has 0 radical (unpaired) electrons. The summed E-state index contributed by atoms with van der Waals surface area (Å²) in [5.74, 6) is -0.812. The molecule has 1 atom stereocenters. The van der Waals surface area contributed by atoms with Crippen LogP contribution in [0, 0.1) is 5.41 Å².